The van der Waals surface area contributed by atoms with Crippen molar-refractivity contribution in [2.45, 2.75) is 89.2 Å². The van der Waals surface area contributed by atoms with Gasteiger partial charge in [0.1, 0.15) is 6.10 Å². The molecule has 0 saturated carbocycles. The third-order valence-electron chi connectivity index (χ3n) is 5.16. The molecule has 5 nitrogen and oxygen atoms in total. The maximum Gasteiger partial charge on any atom is 0.500 e. The first kappa shape index (κ1) is 24.1. The Balaban J connectivity index is 1.72. The molecule has 1 rings (SSSR count). The summed E-state index contributed by atoms with van der Waals surface area (Å²) in [6.07, 6.45) is 16.2. The van der Waals surface area contributed by atoms with Gasteiger partial charge in [-0.2, -0.15) is 0 Å². The van der Waals surface area contributed by atoms with Gasteiger partial charge in [0, 0.05) is 34.0 Å². The summed E-state index contributed by atoms with van der Waals surface area (Å²) < 4.78 is 27.0. The van der Waals surface area contributed by atoms with Crippen LogP contribution in [-0.4, -0.2) is 56.1 Å². The highest BCUT2D eigenvalue weighted by atomic mass is 28.4. The molecule has 156 valence electrons. The minimum absolute atomic E-state index is 0.409. The molecule has 1 fully saturated rings. The Hall–Kier alpha value is 0.0169. The summed E-state index contributed by atoms with van der Waals surface area (Å²) in [6.45, 7) is 2.61. The van der Waals surface area contributed by atoms with Crippen molar-refractivity contribution < 1.29 is 22.8 Å². The number of hydrogen-bond donors (Lipinski definition) is 0. The molecular weight excluding hydrogens is 348 g/mol. The van der Waals surface area contributed by atoms with Crippen molar-refractivity contribution in [3.8, 4) is 0 Å². The molecule has 26 heavy (non-hydrogen) atoms. The molecule has 1 saturated heterocycles. The number of rotatable bonds is 20. The second-order valence-corrected chi connectivity index (χ2v) is 10.4. The maximum atomic E-state index is 5.55. The van der Waals surface area contributed by atoms with Crippen molar-refractivity contribution in [3.63, 3.8) is 0 Å². The molecule has 0 radical (unpaired) electrons. The summed E-state index contributed by atoms with van der Waals surface area (Å²) in [5.74, 6) is 0. The fourth-order valence-corrected chi connectivity index (χ4v) is 5.04. The van der Waals surface area contributed by atoms with Gasteiger partial charge < -0.3 is 22.8 Å². The lowest BCUT2D eigenvalue weighted by molar-refractivity contribution is 0.113. The molecule has 1 heterocycles. The van der Waals surface area contributed by atoms with E-state index in [4.69, 9.17) is 22.8 Å². The number of ether oxygens (including phenoxy) is 2. The molecule has 0 bridgehead atoms. The van der Waals surface area contributed by atoms with E-state index in [1.807, 2.05) is 0 Å². The first-order valence-corrected chi connectivity index (χ1v) is 12.5. The SMILES string of the molecule is CO[Si](CCCCCCCCCCCCCCOCC1CO1)(OC)OC. The molecule has 0 aromatic rings. The van der Waals surface area contributed by atoms with Crippen LogP contribution in [0.3, 0.4) is 0 Å². The Morgan fingerprint density at radius 3 is 1.54 bits per heavy atom. The van der Waals surface area contributed by atoms with Crippen LogP contribution in [0.2, 0.25) is 6.04 Å². The van der Waals surface area contributed by atoms with E-state index in [0.717, 1.165) is 32.3 Å². The third kappa shape index (κ3) is 12.4. The molecule has 1 unspecified atom stereocenters. The monoisotopic (exact) mass is 390 g/mol. The summed E-state index contributed by atoms with van der Waals surface area (Å²) in [5, 5.41) is 0. The van der Waals surface area contributed by atoms with Crippen LogP contribution in [0.5, 0.6) is 0 Å². The highest BCUT2D eigenvalue weighted by Crippen LogP contribution is 2.18. The van der Waals surface area contributed by atoms with E-state index in [1.54, 1.807) is 21.3 Å². The van der Waals surface area contributed by atoms with Crippen LogP contribution < -0.4 is 0 Å². The quantitative estimate of drug-likeness (QED) is 0.167. The zero-order chi connectivity index (χ0) is 18.9. The van der Waals surface area contributed by atoms with Crippen LogP contribution in [0.4, 0.5) is 0 Å². The number of unbranched alkanes of at least 4 members (excludes halogenated alkanes) is 11. The van der Waals surface area contributed by atoms with E-state index in [-0.39, 0.29) is 0 Å². The summed E-state index contributed by atoms with van der Waals surface area (Å²) in [5.41, 5.74) is 0. The highest BCUT2D eigenvalue weighted by molar-refractivity contribution is 6.60. The lowest BCUT2D eigenvalue weighted by atomic mass is 10.1. The fourth-order valence-electron chi connectivity index (χ4n) is 3.25. The Bertz CT molecular complexity index is 300. The summed E-state index contributed by atoms with van der Waals surface area (Å²) in [4.78, 5) is 0. The van der Waals surface area contributed by atoms with Gasteiger partial charge in [-0.05, 0) is 12.8 Å². The topological polar surface area (TPSA) is 49.5 Å². The minimum Gasteiger partial charge on any atom is -0.379 e. The van der Waals surface area contributed by atoms with Gasteiger partial charge in [-0.25, -0.2) is 0 Å². The van der Waals surface area contributed by atoms with Crippen molar-refractivity contribution in [1.82, 2.24) is 0 Å². The van der Waals surface area contributed by atoms with Gasteiger partial charge >= 0.3 is 8.80 Å². The Labute approximate surface area is 162 Å². The Morgan fingerprint density at radius 1 is 0.692 bits per heavy atom. The van der Waals surface area contributed by atoms with Crippen LogP contribution in [-0.2, 0) is 22.8 Å². The molecule has 0 amide bonds. The average molecular weight is 391 g/mol. The zero-order valence-corrected chi connectivity index (χ0v) is 18.4. The van der Waals surface area contributed by atoms with Gasteiger partial charge in [0.05, 0.1) is 13.2 Å². The zero-order valence-electron chi connectivity index (χ0n) is 17.4. The van der Waals surface area contributed by atoms with Gasteiger partial charge in [-0.3, -0.25) is 0 Å². The maximum absolute atomic E-state index is 5.55. The Morgan fingerprint density at radius 2 is 1.12 bits per heavy atom. The van der Waals surface area contributed by atoms with Crippen LogP contribution >= 0.6 is 0 Å². The molecular formula is C20H42O5Si. The van der Waals surface area contributed by atoms with Crippen LogP contribution in [0.1, 0.15) is 77.0 Å². The predicted octanol–water partition coefficient (Wildman–Crippen LogP) is 4.96. The molecule has 0 aromatic carbocycles. The molecule has 6 heteroatoms. The second-order valence-electron chi connectivity index (χ2n) is 7.32. The minimum atomic E-state index is -2.34. The smallest absolute Gasteiger partial charge is 0.379 e. The van der Waals surface area contributed by atoms with E-state index < -0.39 is 8.80 Å². The van der Waals surface area contributed by atoms with Gasteiger partial charge in [0.15, 0.2) is 0 Å². The van der Waals surface area contributed by atoms with Crippen molar-refractivity contribution in [3.05, 3.63) is 0 Å². The number of hydrogen-bond acceptors (Lipinski definition) is 5. The normalized spacial score (nSPS) is 17.0. The van der Waals surface area contributed by atoms with Gasteiger partial charge in [0.2, 0.25) is 0 Å². The van der Waals surface area contributed by atoms with Crippen LogP contribution in [0, 0.1) is 0 Å². The first-order chi connectivity index (χ1) is 12.8. The average Bonchev–Trinajstić information content (AvgIpc) is 3.49. The van der Waals surface area contributed by atoms with Crippen molar-refractivity contribution in [2.75, 3.05) is 41.2 Å². The summed E-state index contributed by atoms with van der Waals surface area (Å²) in [7, 11) is 2.74. The summed E-state index contributed by atoms with van der Waals surface area (Å²) in [6, 6.07) is 0.926. The molecule has 1 aliphatic rings. The second kappa shape index (κ2) is 16.0. The molecule has 0 aromatic heterocycles. The first-order valence-electron chi connectivity index (χ1n) is 10.6. The lowest BCUT2D eigenvalue weighted by Crippen LogP contribution is -2.42. The Kier molecular flexibility index (Phi) is 14.8. The highest BCUT2D eigenvalue weighted by Gasteiger charge is 2.36. The molecule has 1 atom stereocenters. The van der Waals surface area contributed by atoms with Crippen molar-refractivity contribution in [2.24, 2.45) is 0 Å². The standard InChI is InChI=1S/C20H42O5Si/c1-21-26(22-2,23-3)17-15-13-11-9-7-5-4-6-8-10-12-14-16-24-18-20-19-25-20/h20H,4-19H2,1-3H3. The van der Waals surface area contributed by atoms with Gasteiger partial charge in [-0.15, -0.1) is 0 Å². The van der Waals surface area contributed by atoms with E-state index in [2.05, 4.69) is 0 Å². The molecule has 0 aliphatic carbocycles. The molecule has 1 aliphatic heterocycles. The van der Waals surface area contributed by atoms with Crippen LogP contribution in [0.25, 0.3) is 0 Å². The van der Waals surface area contributed by atoms with Gasteiger partial charge in [0.25, 0.3) is 0 Å². The van der Waals surface area contributed by atoms with E-state index in [0.29, 0.717) is 6.10 Å². The molecule has 0 N–H and O–H groups in total. The van der Waals surface area contributed by atoms with E-state index >= 15 is 0 Å². The third-order valence-corrected chi connectivity index (χ3v) is 7.99. The molecule has 0 spiro atoms. The van der Waals surface area contributed by atoms with Crippen molar-refractivity contribution in [1.29, 1.82) is 0 Å². The van der Waals surface area contributed by atoms with Gasteiger partial charge in [-0.1, -0.05) is 64.2 Å². The van der Waals surface area contributed by atoms with E-state index in [1.165, 1.54) is 70.6 Å². The fraction of sp³-hybridized carbons (Fsp3) is 1.00. The number of epoxide rings is 1. The summed E-state index contributed by atoms with van der Waals surface area (Å²) >= 11 is 0. The van der Waals surface area contributed by atoms with Crippen LogP contribution in [0.15, 0.2) is 0 Å². The predicted molar refractivity (Wildman–Crippen MR) is 108 cm³/mol. The van der Waals surface area contributed by atoms with Crippen molar-refractivity contribution >= 4 is 8.80 Å². The largest absolute Gasteiger partial charge is 0.500 e. The van der Waals surface area contributed by atoms with E-state index in [9.17, 15) is 0 Å². The lowest BCUT2D eigenvalue weighted by Gasteiger charge is -2.24.